The highest BCUT2D eigenvalue weighted by atomic mass is 16.1. The van der Waals surface area contributed by atoms with Crippen LogP contribution in [0.25, 0.3) is 0 Å². The second kappa shape index (κ2) is 7.38. The highest BCUT2D eigenvalue weighted by Crippen LogP contribution is 2.30. The van der Waals surface area contributed by atoms with E-state index < -0.39 is 0 Å². The van der Waals surface area contributed by atoms with E-state index in [4.69, 9.17) is 5.73 Å². The zero-order valence-electron chi connectivity index (χ0n) is 14.1. The van der Waals surface area contributed by atoms with Gasteiger partial charge in [-0.05, 0) is 23.3 Å². The van der Waals surface area contributed by atoms with Crippen molar-refractivity contribution >= 4 is 5.91 Å². The van der Waals surface area contributed by atoms with Gasteiger partial charge in [0.15, 0.2) is 0 Å². The van der Waals surface area contributed by atoms with Crippen molar-refractivity contribution in [1.29, 1.82) is 0 Å². The third-order valence-electron chi connectivity index (χ3n) is 5.60. The van der Waals surface area contributed by atoms with Crippen molar-refractivity contribution < 1.29 is 9.69 Å². The Labute approximate surface area is 137 Å². The number of carbonyl (C=O) groups is 1. The molecule has 1 aliphatic heterocycles. The molecule has 2 fully saturated rings. The Morgan fingerprint density at radius 3 is 2.61 bits per heavy atom. The Kier molecular flexibility index (Phi) is 5.25. The summed E-state index contributed by atoms with van der Waals surface area (Å²) >= 11 is 0. The minimum absolute atomic E-state index is 0.0480. The van der Waals surface area contributed by atoms with Gasteiger partial charge in [-0.1, -0.05) is 26.2 Å². The van der Waals surface area contributed by atoms with Crippen LogP contribution in [0, 0.1) is 5.92 Å². The van der Waals surface area contributed by atoms with Crippen LogP contribution >= 0.6 is 0 Å². The van der Waals surface area contributed by atoms with Gasteiger partial charge in [0.2, 0.25) is 11.7 Å². The third-order valence-corrected chi connectivity index (χ3v) is 5.60. The molecule has 1 saturated heterocycles. The first kappa shape index (κ1) is 16.4. The number of likely N-dealkylation sites (tertiary alicyclic amines) is 1. The molecule has 2 heterocycles. The number of hydrogen-bond donors (Lipinski definition) is 2. The summed E-state index contributed by atoms with van der Waals surface area (Å²) < 4.78 is 2.10. The number of nitrogens with one attached hydrogen (secondary N) is 1. The van der Waals surface area contributed by atoms with Gasteiger partial charge in [0.05, 0.1) is 19.1 Å². The molecule has 3 N–H and O–H groups in total. The first-order chi connectivity index (χ1) is 11.2. The van der Waals surface area contributed by atoms with Crippen LogP contribution in [0.2, 0.25) is 0 Å². The highest BCUT2D eigenvalue weighted by molar-refractivity contribution is 5.76. The maximum absolute atomic E-state index is 11.4. The number of aromatic nitrogens is 4. The number of hydrogen-bond acceptors (Lipinski definition) is 4. The van der Waals surface area contributed by atoms with Crippen LogP contribution in [0.1, 0.15) is 76.2 Å². The van der Waals surface area contributed by atoms with Gasteiger partial charge < -0.3 is 10.6 Å². The first-order valence-corrected chi connectivity index (χ1v) is 9.12. The van der Waals surface area contributed by atoms with E-state index in [-0.39, 0.29) is 11.8 Å². The Hall–Kier alpha value is -1.50. The van der Waals surface area contributed by atoms with E-state index in [1.165, 1.54) is 30.6 Å². The van der Waals surface area contributed by atoms with E-state index in [0.717, 1.165) is 44.6 Å². The number of amides is 1. The lowest BCUT2D eigenvalue weighted by atomic mass is 9.94. The lowest BCUT2D eigenvalue weighted by molar-refractivity contribution is -0.938. The number of tetrazole rings is 1. The van der Waals surface area contributed by atoms with Crippen molar-refractivity contribution in [2.24, 2.45) is 11.7 Å². The predicted molar refractivity (Wildman–Crippen MR) is 85.6 cm³/mol. The monoisotopic (exact) mass is 321 g/mol. The van der Waals surface area contributed by atoms with E-state index in [1.54, 1.807) is 0 Å². The van der Waals surface area contributed by atoms with E-state index in [9.17, 15) is 4.79 Å². The number of rotatable bonds is 6. The Morgan fingerprint density at radius 2 is 2.00 bits per heavy atom. The summed E-state index contributed by atoms with van der Waals surface area (Å²) in [4.78, 5) is 12.9. The molecule has 128 valence electrons. The van der Waals surface area contributed by atoms with Crippen LogP contribution in [-0.2, 0) is 4.79 Å². The molecule has 0 bridgehead atoms. The summed E-state index contributed by atoms with van der Waals surface area (Å²) in [6.07, 6.45) is 8.91. The topological polar surface area (TPSA) is 91.1 Å². The van der Waals surface area contributed by atoms with Crippen LogP contribution in [0.3, 0.4) is 0 Å². The SMILES string of the molecule is CCC[C@H](c1nnnn1C1CCCC1)[NH+]1CCC(C(N)=O)CC1. The van der Waals surface area contributed by atoms with E-state index >= 15 is 0 Å². The van der Waals surface area contributed by atoms with Crippen molar-refractivity contribution in [3.05, 3.63) is 5.82 Å². The van der Waals surface area contributed by atoms with Gasteiger partial charge in [-0.2, -0.15) is 0 Å². The Balaban J connectivity index is 1.74. The number of piperidine rings is 1. The van der Waals surface area contributed by atoms with Gasteiger partial charge in [0.1, 0.15) is 6.04 Å². The van der Waals surface area contributed by atoms with Gasteiger partial charge in [-0.25, -0.2) is 4.68 Å². The fourth-order valence-corrected chi connectivity index (χ4v) is 4.26. The third kappa shape index (κ3) is 3.54. The fourth-order valence-electron chi connectivity index (χ4n) is 4.26. The summed E-state index contributed by atoms with van der Waals surface area (Å²) in [6.45, 7) is 4.18. The highest BCUT2D eigenvalue weighted by Gasteiger charge is 2.35. The van der Waals surface area contributed by atoms with Crippen molar-refractivity contribution in [3.63, 3.8) is 0 Å². The van der Waals surface area contributed by atoms with Crippen LogP contribution in [0.15, 0.2) is 0 Å². The molecule has 7 heteroatoms. The molecule has 1 aromatic rings. The van der Waals surface area contributed by atoms with Crippen LogP contribution in [-0.4, -0.2) is 39.2 Å². The van der Waals surface area contributed by atoms with Gasteiger partial charge in [0.25, 0.3) is 0 Å². The average Bonchev–Trinajstić information content (AvgIpc) is 3.23. The lowest BCUT2D eigenvalue weighted by Crippen LogP contribution is -3.13. The standard InChI is InChI=1S/C16H28N6O/c1-2-5-14(21-10-8-12(9-11-21)15(17)23)16-18-19-20-22(16)13-6-3-4-7-13/h12-14H,2-11H2,1H3,(H2,17,23)/p+1/t14-/m1/s1. The second-order valence-electron chi connectivity index (χ2n) is 7.10. The van der Waals surface area contributed by atoms with Gasteiger partial charge >= 0.3 is 0 Å². The van der Waals surface area contributed by atoms with E-state index in [2.05, 4.69) is 27.1 Å². The minimum atomic E-state index is -0.146. The summed E-state index contributed by atoms with van der Waals surface area (Å²) in [5.41, 5.74) is 5.46. The average molecular weight is 321 g/mol. The zero-order chi connectivity index (χ0) is 16.2. The number of nitrogens with two attached hydrogens (primary N) is 1. The molecular weight excluding hydrogens is 292 g/mol. The van der Waals surface area contributed by atoms with Crippen molar-refractivity contribution in [2.75, 3.05) is 13.1 Å². The summed E-state index contributed by atoms with van der Waals surface area (Å²) in [6, 6.07) is 0.811. The molecular formula is C16H29N6O+. The molecule has 2 aliphatic rings. The normalized spacial score (nSPS) is 27.2. The molecule has 1 aliphatic carbocycles. The van der Waals surface area contributed by atoms with Crippen LogP contribution in [0.4, 0.5) is 0 Å². The first-order valence-electron chi connectivity index (χ1n) is 9.12. The Morgan fingerprint density at radius 1 is 1.30 bits per heavy atom. The molecule has 1 saturated carbocycles. The molecule has 0 spiro atoms. The molecule has 1 atom stereocenters. The minimum Gasteiger partial charge on any atom is -0.369 e. The number of carbonyl (C=O) groups excluding carboxylic acids is 1. The molecule has 0 radical (unpaired) electrons. The number of nitrogens with zero attached hydrogens (tertiary/aromatic N) is 4. The van der Waals surface area contributed by atoms with Crippen molar-refractivity contribution in [2.45, 2.75) is 70.4 Å². The summed E-state index contributed by atoms with van der Waals surface area (Å²) in [5, 5.41) is 12.7. The second-order valence-corrected chi connectivity index (χ2v) is 7.10. The Bertz CT molecular complexity index is 516. The van der Waals surface area contributed by atoms with E-state index in [0.29, 0.717) is 12.1 Å². The van der Waals surface area contributed by atoms with Crippen LogP contribution < -0.4 is 10.6 Å². The van der Waals surface area contributed by atoms with Gasteiger partial charge in [-0.3, -0.25) is 4.79 Å². The maximum atomic E-state index is 11.4. The molecule has 23 heavy (non-hydrogen) atoms. The number of primary amides is 1. The maximum Gasteiger partial charge on any atom is 0.220 e. The number of quaternary nitrogens is 1. The van der Waals surface area contributed by atoms with Crippen molar-refractivity contribution in [3.8, 4) is 0 Å². The predicted octanol–water partition coefficient (Wildman–Crippen LogP) is 0.410. The fraction of sp³-hybridized carbons (Fsp3) is 0.875. The molecule has 1 amide bonds. The molecule has 3 rings (SSSR count). The smallest absolute Gasteiger partial charge is 0.220 e. The van der Waals surface area contributed by atoms with Gasteiger partial charge in [-0.15, -0.1) is 5.10 Å². The molecule has 1 aromatic heterocycles. The van der Waals surface area contributed by atoms with Crippen molar-refractivity contribution in [1.82, 2.24) is 20.2 Å². The van der Waals surface area contributed by atoms with Crippen LogP contribution in [0.5, 0.6) is 0 Å². The molecule has 7 nitrogen and oxygen atoms in total. The molecule has 0 aromatic carbocycles. The molecule has 0 unspecified atom stereocenters. The zero-order valence-corrected chi connectivity index (χ0v) is 14.1. The summed E-state index contributed by atoms with van der Waals surface area (Å²) in [7, 11) is 0. The van der Waals surface area contributed by atoms with Gasteiger partial charge in [0, 0.05) is 25.2 Å². The largest absolute Gasteiger partial charge is 0.369 e. The van der Waals surface area contributed by atoms with E-state index in [1.807, 2.05) is 0 Å². The lowest BCUT2D eigenvalue weighted by Gasteiger charge is -2.33. The summed E-state index contributed by atoms with van der Waals surface area (Å²) in [5.74, 6) is 0.949. The quantitative estimate of drug-likeness (QED) is 0.794.